The van der Waals surface area contributed by atoms with Gasteiger partial charge in [0.2, 0.25) is 0 Å². The fourth-order valence-corrected chi connectivity index (χ4v) is 6.41. The van der Waals surface area contributed by atoms with Crippen LogP contribution in [0.3, 0.4) is 0 Å². The molecule has 28 heavy (non-hydrogen) atoms. The lowest BCUT2D eigenvalue weighted by Crippen LogP contribution is -2.35. The molecule has 0 unspecified atom stereocenters. The molecule has 0 radical (unpaired) electrons. The summed E-state index contributed by atoms with van der Waals surface area (Å²) in [5.41, 5.74) is 5.90. The smallest absolute Gasteiger partial charge is 0.140 e. The molecule has 1 aliphatic heterocycles. The van der Waals surface area contributed by atoms with Crippen molar-refractivity contribution in [1.82, 2.24) is 10.2 Å². The minimum atomic E-state index is -0.442. The molecule has 0 spiro atoms. The molecule has 2 N–H and O–H groups in total. The first-order valence-corrected chi connectivity index (χ1v) is 10.1. The Morgan fingerprint density at radius 2 is 2.04 bits per heavy atom. The number of aryl methyl sites for hydroxylation is 1. The number of benzene rings is 2. The van der Waals surface area contributed by atoms with E-state index in [0.717, 1.165) is 16.8 Å². The first-order valence-electron chi connectivity index (χ1n) is 10.1. The highest BCUT2D eigenvalue weighted by Gasteiger charge is 2.54. The zero-order valence-electron chi connectivity index (χ0n) is 15.7. The van der Waals surface area contributed by atoms with E-state index in [4.69, 9.17) is 0 Å². The summed E-state index contributed by atoms with van der Waals surface area (Å²) >= 11 is 0. The van der Waals surface area contributed by atoms with E-state index >= 15 is 0 Å². The van der Waals surface area contributed by atoms with Crippen molar-refractivity contribution in [2.75, 3.05) is 5.32 Å². The molecule has 0 amide bonds. The van der Waals surface area contributed by atoms with E-state index < -0.39 is 5.82 Å². The topological polar surface area (TPSA) is 64.5 Å². The van der Waals surface area contributed by atoms with Gasteiger partial charge in [0.05, 0.1) is 22.8 Å². The molecule has 6 rings (SSSR count). The maximum atomic E-state index is 13.9. The lowest BCUT2D eigenvalue weighted by Gasteiger charge is -2.44. The molecular formula is C23H21FN4. The van der Waals surface area contributed by atoms with E-state index in [9.17, 15) is 9.65 Å². The Morgan fingerprint density at radius 1 is 1.18 bits per heavy atom. The number of nitrogens with zero attached hydrogens (tertiary/aromatic N) is 2. The minimum absolute atomic E-state index is 0.116. The van der Waals surface area contributed by atoms with Crippen LogP contribution in [0.5, 0.6) is 0 Å². The molecule has 5 heteroatoms. The molecule has 2 saturated carbocycles. The molecule has 140 valence electrons. The van der Waals surface area contributed by atoms with E-state index in [1.807, 2.05) is 12.1 Å². The average molecular weight is 372 g/mol. The van der Waals surface area contributed by atoms with Gasteiger partial charge in [0.25, 0.3) is 0 Å². The Balaban J connectivity index is 1.56. The number of nitriles is 1. The normalized spacial score (nSPS) is 30.0. The van der Waals surface area contributed by atoms with Gasteiger partial charge in [-0.1, -0.05) is 6.07 Å². The van der Waals surface area contributed by atoms with Crippen molar-refractivity contribution >= 4 is 16.6 Å². The summed E-state index contributed by atoms with van der Waals surface area (Å²) in [6, 6.07) is 11.4. The quantitative estimate of drug-likeness (QED) is 0.619. The van der Waals surface area contributed by atoms with E-state index in [1.54, 1.807) is 6.07 Å². The third-order valence-electron chi connectivity index (χ3n) is 7.43. The van der Waals surface area contributed by atoms with Crippen molar-refractivity contribution in [2.45, 2.75) is 38.1 Å². The lowest BCUT2D eigenvalue weighted by molar-refractivity contribution is 0.249. The number of hydrogen-bond donors (Lipinski definition) is 2. The molecule has 2 fully saturated rings. The van der Waals surface area contributed by atoms with Crippen LogP contribution in [0.1, 0.15) is 53.6 Å². The Labute approximate surface area is 162 Å². The maximum Gasteiger partial charge on any atom is 0.140 e. The summed E-state index contributed by atoms with van der Waals surface area (Å²) in [7, 11) is 0. The zero-order valence-corrected chi connectivity index (χ0v) is 15.7. The van der Waals surface area contributed by atoms with Gasteiger partial charge in [-0.15, -0.1) is 0 Å². The molecule has 2 bridgehead atoms. The predicted octanol–water partition coefficient (Wildman–Crippen LogP) is 5.18. The molecule has 2 aliphatic carbocycles. The number of rotatable bonds is 1. The molecular weight excluding hydrogens is 351 g/mol. The molecule has 2 heterocycles. The first kappa shape index (κ1) is 16.1. The highest BCUT2D eigenvalue weighted by molar-refractivity contribution is 5.91. The summed E-state index contributed by atoms with van der Waals surface area (Å²) in [4.78, 5) is 0. The fourth-order valence-electron chi connectivity index (χ4n) is 6.41. The van der Waals surface area contributed by atoms with Gasteiger partial charge in [-0.25, -0.2) is 4.39 Å². The highest BCUT2D eigenvalue weighted by Crippen LogP contribution is 2.64. The second-order valence-corrected chi connectivity index (χ2v) is 8.67. The van der Waals surface area contributed by atoms with Gasteiger partial charge >= 0.3 is 0 Å². The monoisotopic (exact) mass is 372 g/mol. The van der Waals surface area contributed by atoms with Crippen LogP contribution in [0.25, 0.3) is 10.9 Å². The number of halogens is 1. The number of anilines is 1. The number of nitrogens with one attached hydrogen (secondary N) is 2. The second kappa shape index (κ2) is 5.57. The van der Waals surface area contributed by atoms with Crippen molar-refractivity contribution in [3.8, 4) is 6.07 Å². The van der Waals surface area contributed by atoms with Gasteiger partial charge in [-0.3, -0.25) is 5.10 Å². The Bertz CT molecular complexity index is 1160. The fraction of sp³-hybridized carbons (Fsp3) is 0.391. The largest absolute Gasteiger partial charge is 0.378 e. The van der Waals surface area contributed by atoms with E-state index in [2.05, 4.69) is 34.6 Å². The third kappa shape index (κ3) is 2.01. The first-order chi connectivity index (χ1) is 13.7. The molecule has 3 aliphatic rings. The molecule has 2 aromatic carbocycles. The number of hydrogen-bond acceptors (Lipinski definition) is 3. The highest BCUT2D eigenvalue weighted by atomic mass is 19.1. The van der Waals surface area contributed by atoms with Gasteiger partial charge in [0, 0.05) is 11.1 Å². The number of H-pyrrole nitrogens is 1. The van der Waals surface area contributed by atoms with Crippen LogP contribution in [0.4, 0.5) is 10.1 Å². The average Bonchev–Trinajstić information content (AvgIpc) is 3.43. The molecule has 3 aromatic rings. The molecule has 4 nitrogen and oxygen atoms in total. The van der Waals surface area contributed by atoms with Gasteiger partial charge in [0.1, 0.15) is 11.9 Å². The van der Waals surface area contributed by atoms with Gasteiger partial charge in [-0.2, -0.15) is 10.4 Å². The van der Waals surface area contributed by atoms with Crippen molar-refractivity contribution in [3.63, 3.8) is 0 Å². The van der Waals surface area contributed by atoms with Crippen LogP contribution in [0.2, 0.25) is 0 Å². The van der Waals surface area contributed by atoms with Crippen molar-refractivity contribution in [1.29, 1.82) is 5.26 Å². The number of aromatic amines is 1. The third-order valence-corrected chi connectivity index (χ3v) is 7.43. The second-order valence-electron chi connectivity index (χ2n) is 8.67. The van der Waals surface area contributed by atoms with Crippen LogP contribution in [-0.2, 0) is 0 Å². The minimum Gasteiger partial charge on any atom is -0.378 e. The zero-order chi connectivity index (χ0) is 19.0. The lowest BCUT2D eigenvalue weighted by atomic mass is 9.67. The van der Waals surface area contributed by atoms with Gasteiger partial charge < -0.3 is 5.32 Å². The van der Waals surface area contributed by atoms with Crippen LogP contribution >= 0.6 is 0 Å². The number of aromatic nitrogens is 2. The standard InChI is InChI=1S/C23H21FN4/c1-11-19-18(28-27-11)7-6-17-22(19)20-12-2-3-13(8-12)21(20)23(26-17)14-4-5-16(24)15(9-14)10-25/h4-7,9,12-13,20-21,23,26H,2-3,8H2,1H3,(H,27,28)/t12-,13+,20+,21-,23+/m1/s1. The number of fused-ring (bicyclic) bond motifs is 9. The van der Waals surface area contributed by atoms with Crippen LogP contribution < -0.4 is 5.32 Å². The van der Waals surface area contributed by atoms with E-state index in [1.165, 1.54) is 42.0 Å². The van der Waals surface area contributed by atoms with Gasteiger partial charge in [0.15, 0.2) is 0 Å². The summed E-state index contributed by atoms with van der Waals surface area (Å²) < 4.78 is 13.9. The Morgan fingerprint density at radius 3 is 2.89 bits per heavy atom. The SMILES string of the molecule is Cc1n[nH]c2ccc3c(c12)[C@H]1[C@@H]2CC[C@@H](C2)[C@H]1[C@H](c1ccc(F)c(C#N)c1)N3. The maximum absolute atomic E-state index is 13.9. The van der Waals surface area contributed by atoms with Crippen molar-refractivity contribution in [3.05, 3.63) is 58.5 Å². The molecule has 5 atom stereocenters. The Kier molecular flexibility index (Phi) is 3.21. The van der Waals surface area contributed by atoms with Crippen LogP contribution in [0, 0.1) is 41.8 Å². The Hall–Kier alpha value is -2.87. The summed E-state index contributed by atoms with van der Waals surface area (Å²) in [5, 5.41) is 22.0. The predicted molar refractivity (Wildman–Crippen MR) is 105 cm³/mol. The molecule has 0 saturated heterocycles. The van der Waals surface area contributed by atoms with Crippen LogP contribution in [-0.4, -0.2) is 10.2 Å². The van der Waals surface area contributed by atoms with Crippen molar-refractivity contribution in [2.24, 2.45) is 17.8 Å². The summed E-state index contributed by atoms with van der Waals surface area (Å²) in [5.74, 6) is 1.91. The van der Waals surface area contributed by atoms with E-state index in [0.29, 0.717) is 23.7 Å². The molecule has 1 aromatic heterocycles. The van der Waals surface area contributed by atoms with Crippen molar-refractivity contribution < 1.29 is 4.39 Å². The summed E-state index contributed by atoms with van der Waals surface area (Å²) in [6.07, 6.45) is 3.83. The summed E-state index contributed by atoms with van der Waals surface area (Å²) in [6.45, 7) is 2.08. The van der Waals surface area contributed by atoms with E-state index in [-0.39, 0.29) is 11.6 Å². The van der Waals surface area contributed by atoms with Crippen LogP contribution in [0.15, 0.2) is 30.3 Å². The van der Waals surface area contributed by atoms with Gasteiger partial charge in [-0.05, 0) is 85.3 Å².